The van der Waals surface area contributed by atoms with Gasteiger partial charge in [0, 0.05) is 0 Å². The van der Waals surface area contributed by atoms with Gasteiger partial charge in [0.05, 0.1) is 19.0 Å². The molecule has 0 amide bonds. The number of nitrogens with zero attached hydrogens (tertiary/aromatic N) is 2. The minimum absolute atomic E-state index is 0.118. The summed E-state index contributed by atoms with van der Waals surface area (Å²) in [5.74, 6) is -0.346. The fourth-order valence-corrected chi connectivity index (χ4v) is 1.36. The van der Waals surface area contributed by atoms with Crippen molar-refractivity contribution < 1.29 is 19.7 Å². The van der Waals surface area contributed by atoms with E-state index < -0.39 is 12.0 Å². The van der Waals surface area contributed by atoms with Crippen LogP contribution in [0.2, 0.25) is 0 Å². The SMILES string of the molecule is CCCC(Nc1cncc(OCCO)n1)C(=O)O. The first kappa shape index (κ1) is 14.2. The maximum absolute atomic E-state index is 11.0. The van der Waals surface area contributed by atoms with E-state index in [0.29, 0.717) is 12.2 Å². The molecular weight excluding hydrogens is 238 g/mol. The van der Waals surface area contributed by atoms with Crippen molar-refractivity contribution in [3.8, 4) is 5.88 Å². The van der Waals surface area contributed by atoms with Gasteiger partial charge < -0.3 is 20.3 Å². The average Bonchev–Trinajstić information content (AvgIpc) is 2.36. The molecule has 1 heterocycles. The van der Waals surface area contributed by atoms with Crippen molar-refractivity contribution in [2.75, 3.05) is 18.5 Å². The van der Waals surface area contributed by atoms with Gasteiger partial charge in [0.15, 0.2) is 0 Å². The molecule has 1 aromatic heterocycles. The lowest BCUT2D eigenvalue weighted by molar-refractivity contribution is -0.138. The minimum Gasteiger partial charge on any atom is -0.480 e. The van der Waals surface area contributed by atoms with E-state index in [-0.39, 0.29) is 19.1 Å². The molecule has 100 valence electrons. The van der Waals surface area contributed by atoms with Crippen LogP contribution in [0.25, 0.3) is 0 Å². The van der Waals surface area contributed by atoms with Gasteiger partial charge in [-0.15, -0.1) is 0 Å². The first-order valence-corrected chi connectivity index (χ1v) is 5.72. The molecule has 0 saturated heterocycles. The largest absolute Gasteiger partial charge is 0.480 e. The first-order chi connectivity index (χ1) is 8.67. The summed E-state index contributed by atoms with van der Waals surface area (Å²) in [4.78, 5) is 18.9. The lowest BCUT2D eigenvalue weighted by atomic mass is 10.2. The molecule has 7 nitrogen and oxygen atoms in total. The second-order valence-electron chi connectivity index (χ2n) is 3.64. The van der Waals surface area contributed by atoms with Crippen LogP contribution in [0.4, 0.5) is 5.82 Å². The molecule has 7 heteroatoms. The summed E-state index contributed by atoms with van der Waals surface area (Å²) < 4.78 is 5.09. The van der Waals surface area contributed by atoms with Crippen molar-refractivity contribution in [2.45, 2.75) is 25.8 Å². The number of rotatable bonds is 8. The summed E-state index contributed by atoms with van der Waals surface area (Å²) in [5, 5.41) is 20.4. The highest BCUT2D eigenvalue weighted by Gasteiger charge is 2.16. The van der Waals surface area contributed by atoms with Gasteiger partial charge in [-0.1, -0.05) is 13.3 Å². The number of aliphatic carboxylic acids is 1. The molecule has 0 radical (unpaired) electrons. The summed E-state index contributed by atoms with van der Waals surface area (Å²) in [7, 11) is 0. The number of hydrogen-bond acceptors (Lipinski definition) is 6. The van der Waals surface area contributed by atoms with Crippen LogP contribution in [0.3, 0.4) is 0 Å². The lowest BCUT2D eigenvalue weighted by Gasteiger charge is -2.14. The van der Waals surface area contributed by atoms with Gasteiger partial charge in [-0.2, -0.15) is 4.98 Å². The zero-order valence-corrected chi connectivity index (χ0v) is 10.2. The molecule has 0 spiro atoms. The van der Waals surface area contributed by atoms with Gasteiger partial charge in [-0.05, 0) is 6.42 Å². The smallest absolute Gasteiger partial charge is 0.326 e. The summed E-state index contributed by atoms with van der Waals surface area (Å²) in [6, 6.07) is -0.697. The molecule has 0 aliphatic rings. The van der Waals surface area contributed by atoms with Crippen molar-refractivity contribution in [2.24, 2.45) is 0 Å². The van der Waals surface area contributed by atoms with Crippen molar-refractivity contribution in [3.05, 3.63) is 12.4 Å². The Kier molecular flexibility index (Phi) is 5.86. The molecule has 1 aromatic rings. The molecule has 1 unspecified atom stereocenters. The third-order valence-electron chi connectivity index (χ3n) is 2.15. The third kappa shape index (κ3) is 4.54. The standard InChI is InChI=1S/C11H17N3O4/c1-2-3-8(11(16)17)13-9-6-12-7-10(14-9)18-5-4-15/h6-8,15H,2-5H2,1H3,(H,13,14)(H,16,17). The van der Waals surface area contributed by atoms with E-state index in [1.807, 2.05) is 6.92 Å². The number of carbonyl (C=O) groups is 1. The van der Waals surface area contributed by atoms with Crippen molar-refractivity contribution in [1.29, 1.82) is 0 Å². The number of aliphatic hydroxyl groups is 1. The summed E-state index contributed by atoms with van der Waals surface area (Å²) in [6.45, 7) is 1.91. The van der Waals surface area contributed by atoms with E-state index in [9.17, 15) is 4.79 Å². The Morgan fingerprint density at radius 1 is 1.56 bits per heavy atom. The zero-order chi connectivity index (χ0) is 13.4. The number of carboxylic acids is 1. The van der Waals surface area contributed by atoms with Gasteiger partial charge in [0.2, 0.25) is 5.88 Å². The molecule has 0 bridgehead atoms. The van der Waals surface area contributed by atoms with E-state index in [0.717, 1.165) is 6.42 Å². The van der Waals surface area contributed by atoms with Crippen LogP contribution in [0.1, 0.15) is 19.8 Å². The molecule has 0 fully saturated rings. The van der Waals surface area contributed by atoms with Crippen LogP contribution < -0.4 is 10.1 Å². The minimum atomic E-state index is -0.930. The van der Waals surface area contributed by atoms with E-state index in [4.69, 9.17) is 14.9 Å². The summed E-state index contributed by atoms with van der Waals surface area (Å²) in [5.41, 5.74) is 0. The Hall–Kier alpha value is -1.89. The van der Waals surface area contributed by atoms with Crippen LogP contribution in [-0.2, 0) is 4.79 Å². The highest BCUT2D eigenvalue weighted by molar-refractivity contribution is 5.76. The Morgan fingerprint density at radius 2 is 2.33 bits per heavy atom. The van der Waals surface area contributed by atoms with Crippen molar-refractivity contribution in [1.82, 2.24) is 9.97 Å². The Labute approximate surface area is 105 Å². The van der Waals surface area contributed by atoms with Gasteiger partial charge in [0.25, 0.3) is 0 Å². The number of carboxylic acid groups (broad SMARTS) is 1. The predicted octanol–water partition coefficient (Wildman–Crippen LogP) is 0.513. The molecule has 0 saturated carbocycles. The summed E-state index contributed by atoms with van der Waals surface area (Å²) in [6.07, 6.45) is 4.07. The molecule has 0 aliphatic heterocycles. The fourth-order valence-electron chi connectivity index (χ4n) is 1.36. The molecule has 3 N–H and O–H groups in total. The molecule has 18 heavy (non-hydrogen) atoms. The number of aromatic nitrogens is 2. The molecule has 1 atom stereocenters. The maximum atomic E-state index is 11.0. The molecule has 1 rings (SSSR count). The highest BCUT2D eigenvalue weighted by atomic mass is 16.5. The number of anilines is 1. The Balaban J connectivity index is 2.67. The van der Waals surface area contributed by atoms with Crippen LogP contribution in [0.15, 0.2) is 12.4 Å². The maximum Gasteiger partial charge on any atom is 0.326 e. The van der Waals surface area contributed by atoms with Crippen molar-refractivity contribution in [3.63, 3.8) is 0 Å². The number of aliphatic hydroxyl groups excluding tert-OH is 1. The van der Waals surface area contributed by atoms with Crippen LogP contribution in [0.5, 0.6) is 5.88 Å². The van der Waals surface area contributed by atoms with Crippen LogP contribution in [-0.4, -0.2) is 45.4 Å². The van der Waals surface area contributed by atoms with Gasteiger partial charge >= 0.3 is 5.97 Å². The van der Waals surface area contributed by atoms with Gasteiger partial charge in [-0.25, -0.2) is 4.79 Å². The van der Waals surface area contributed by atoms with Crippen LogP contribution in [0, 0.1) is 0 Å². The van der Waals surface area contributed by atoms with Gasteiger partial charge in [-0.3, -0.25) is 4.98 Å². The van der Waals surface area contributed by atoms with E-state index in [2.05, 4.69) is 15.3 Å². The van der Waals surface area contributed by atoms with E-state index in [1.165, 1.54) is 12.4 Å². The topological polar surface area (TPSA) is 105 Å². The number of nitrogens with one attached hydrogen (secondary N) is 1. The third-order valence-corrected chi connectivity index (χ3v) is 2.15. The first-order valence-electron chi connectivity index (χ1n) is 5.72. The molecule has 0 aliphatic carbocycles. The number of hydrogen-bond donors (Lipinski definition) is 3. The van der Waals surface area contributed by atoms with Crippen LogP contribution >= 0.6 is 0 Å². The predicted molar refractivity (Wildman–Crippen MR) is 64.6 cm³/mol. The highest BCUT2D eigenvalue weighted by Crippen LogP contribution is 2.11. The molecule has 0 aromatic carbocycles. The normalized spacial score (nSPS) is 11.9. The lowest BCUT2D eigenvalue weighted by Crippen LogP contribution is -2.29. The second-order valence-corrected chi connectivity index (χ2v) is 3.64. The van der Waals surface area contributed by atoms with Gasteiger partial charge in [0.1, 0.15) is 18.5 Å². The monoisotopic (exact) mass is 255 g/mol. The van der Waals surface area contributed by atoms with Crippen molar-refractivity contribution >= 4 is 11.8 Å². The average molecular weight is 255 g/mol. The fraction of sp³-hybridized carbons (Fsp3) is 0.545. The molecular formula is C11H17N3O4. The summed E-state index contributed by atoms with van der Waals surface area (Å²) >= 11 is 0. The Bertz CT molecular complexity index is 386. The van der Waals surface area contributed by atoms with E-state index in [1.54, 1.807) is 0 Å². The van der Waals surface area contributed by atoms with E-state index >= 15 is 0 Å². The second kappa shape index (κ2) is 7.44. The quantitative estimate of drug-likeness (QED) is 0.621. The Morgan fingerprint density at radius 3 is 2.94 bits per heavy atom. The zero-order valence-electron chi connectivity index (χ0n) is 10.2. The number of ether oxygens (including phenoxy) is 1.